The molecule has 3 aromatic heterocycles. The van der Waals surface area contributed by atoms with Gasteiger partial charge in [0.25, 0.3) is 5.56 Å². The predicted molar refractivity (Wildman–Crippen MR) is 120 cm³/mol. The van der Waals surface area contributed by atoms with Gasteiger partial charge in [-0.05, 0) is 59.0 Å². The molecule has 1 aliphatic rings. The van der Waals surface area contributed by atoms with Gasteiger partial charge in [0, 0.05) is 12.4 Å². The number of carbonyl (C=O) groups excluding carboxylic acids is 1. The number of aliphatic hydroxyl groups is 1. The molecular weight excluding hydrogens is 451 g/mol. The number of hydrogen-bond acceptors (Lipinski definition) is 6. The Morgan fingerprint density at radius 3 is 2.65 bits per heavy atom. The molecule has 1 amide bonds. The van der Waals surface area contributed by atoms with Crippen LogP contribution in [0.2, 0.25) is 0 Å². The summed E-state index contributed by atoms with van der Waals surface area (Å²) in [5.74, 6) is -0.413. The number of anilines is 2. The summed E-state index contributed by atoms with van der Waals surface area (Å²) in [6.07, 6.45) is -3.17. The predicted octanol–water partition coefficient (Wildman–Crippen LogP) is 3.43. The number of nitrogens with zero attached hydrogens (tertiary/aromatic N) is 3. The summed E-state index contributed by atoms with van der Waals surface area (Å²) in [6.45, 7) is 5.85. The van der Waals surface area contributed by atoms with Crippen molar-refractivity contribution >= 4 is 33.9 Å². The maximum atomic E-state index is 13.1. The van der Waals surface area contributed by atoms with Crippen molar-refractivity contribution in [2.45, 2.75) is 38.6 Å². The lowest BCUT2D eigenvalue weighted by molar-refractivity contribution is -0.206. The Morgan fingerprint density at radius 2 is 2.03 bits per heavy atom. The standard InChI is InChI=1S/C23H22F3N5O3/c1-12(22(2)5-6-22)19-18-13(4-8-31(21(18)34)11-15(27)32)9-17(30-19)29-16-10-14(3-7-28-16)20(33)23(24,25)26/h3-4,7-10,20,33H,1,5-6,11H2,2H3,(H2,27,32)(H,28,29,30). The lowest BCUT2D eigenvalue weighted by atomic mass is 9.93. The number of nitrogens with one attached hydrogen (secondary N) is 1. The van der Waals surface area contributed by atoms with E-state index in [1.807, 2.05) is 6.92 Å². The number of carbonyl (C=O) groups is 1. The third-order valence-corrected chi connectivity index (χ3v) is 5.97. The molecular formula is C23H22F3N5O3. The van der Waals surface area contributed by atoms with E-state index in [9.17, 15) is 27.9 Å². The van der Waals surface area contributed by atoms with Gasteiger partial charge >= 0.3 is 6.18 Å². The Hall–Kier alpha value is -3.73. The van der Waals surface area contributed by atoms with Gasteiger partial charge in [0.2, 0.25) is 5.91 Å². The largest absolute Gasteiger partial charge is 0.418 e. The topological polar surface area (TPSA) is 123 Å². The molecule has 0 bridgehead atoms. The van der Waals surface area contributed by atoms with Crippen LogP contribution in [0.1, 0.15) is 37.1 Å². The van der Waals surface area contributed by atoms with E-state index >= 15 is 0 Å². The first kappa shape index (κ1) is 23.4. The maximum Gasteiger partial charge on any atom is 0.418 e. The second-order valence-corrected chi connectivity index (χ2v) is 8.62. The number of halogens is 3. The number of alkyl halides is 3. The van der Waals surface area contributed by atoms with Gasteiger partial charge in [-0.1, -0.05) is 13.5 Å². The van der Waals surface area contributed by atoms with Crippen molar-refractivity contribution < 1.29 is 23.1 Å². The zero-order chi connectivity index (χ0) is 24.8. The van der Waals surface area contributed by atoms with E-state index in [2.05, 4.69) is 21.9 Å². The summed E-state index contributed by atoms with van der Waals surface area (Å²) >= 11 is 0. The Bertz CT molecular complexity index is 1360. The molecule has 1 fully saturated rings. The van der Waals surface area contributed by atoms with Crippen LogP contribution in [-0.4, -0.2) is 31.7 Å². The number of nitrogens with two attached hydrogens (primary N) is 1. The second kappa shape index (κ2) is 8.24. The van der Waals surface area contributed by atoms with Gasteiger partial charge in [-0.25, -0.2) is 9.97 Å². The van der Waals surface area contributed by atoms with E-state index in [0.29, 0.717) is 16.7 Å². The summed E-state index contributed by atoms with van der Waals surface area (Å²) in [6, 6.07) is 5.31. The zero-order valence-electron chi connectivity index (χ0n) is 18.2. The fraction of sp³-hybridized carbons (Fsp3) is 0.304. The highest BCUT2D eigenvalue weighted by Crippen LogP contribution is 2.54. The highest BCUT2D eigenvalue weighted by atomic mass is 19.4. The van der Waals surface area contributed by atoms with Crippen LogP contribution in [0.25, 0.3) is 16.3 Å². The van der Waals surface area contributed by atoms with Crippen molar-refractivity contribution in [2.24, 2.45) is 11.1 Å². The van der Waals surface area contributed by atoms with Crippen LogP contribution in [0, 0.1) is 5.41 Å². The van der Waals surface area contributed by atoms with Gasteiger partial charge < -0.3 is 20.7 Å². The van der Waals surface area contributed by atoms with Crippen LogP contribution in [-0.2, 0) is 11.3 Å². The van der Waals surface area contributed by atoms with Gasteiger partial charge in [-0.3, -0.25) is 9.59 Å². The van der Waals surface area contributed by atoms with E-state index in [1.165, 1.54) is 10.8 Å². The van der Waals surface area contributed by atoms with Crippen molar-refractivity contribution in [2.75, 3.05) is 5.32 Å². The Balaban J connectivity index is 1.80. The van der Waals surface area contributed by atoms with E-state index in [-0.39, 0.29) is 34.5 Å². The third-order valence-electron chi connectivity index (χ3n) is 5.97. The molecule has 4 rings (SSSR count). The summed E-state index contributed by atoms with van der Waals surface area (Å²) in [7, 11) is 0. The number of rotatable bonds is 7. The molecule has 3 aromatic rings. The van der Waals surface area contributed by atoms with E-state index in [1.54, 1.807) is 12.1 Å². The average molecular weight is 473 g/mol. The first-order chi connectivity index (χ1) is 15.9. The maximum absolute atomic E-state index is 13.1. The van der Waals surface area contributed by atoms with Gasteiger partial charge in [-0.15, -0.1) is 0 Å². The smallest absolute Gasteiger partial charge is 0.379 e. The molecule has 3 heterocycles. The third kappa shape index (κ3) is 4.51. The van der Waals surface area contributed by atoms with E-state index in [0.717, 1.165) is 31.2 Å². The van der Waals surface area contributed by atoms with Crippen molar-refractivity contribution in [3.63, 3.8) is 0 Å². The molecule has 0 spiro atoms. The second-order valence-electron chi connectivity index (χ2n) is 8.62. The fourth-order valence-electron chi connectivity index (χ4n) is 3.66. The molecule has 8 nitrogen and oxygen atoms in total. The van der Waals surface area contributed by atoms with Crippen LogP contribution in [0.5, 0.6) is 0 Å². The molecule has 1 aliphatic carbocycles. The molecule has 34 heavy (non-hydrogen) atoms. The Morgan fingerprint density at radius 1 is 1.32 bits per heavy atom. The van der Waals surface area contributed by atoms with Crippen molar-refractivity contribution in [3.8, 4) is 0 Å². The minimum absolute atomic E-state index is 0.0314. The fourth-order valence-corrected chi connectivity index (χ4v) is 3.66. The average Bonchev–Trinajstić information content (AvgIpc) is 3.52. The summed E-state index contributed by atoms with van der Waals surface area (Å²) in [5.41, 5.74) is 5.15. The SMILES string of the molecule is C=C(c1nc(Nc2cc(C(O)C(F)(F)F)ccn2)cc2ccn(CC(N)=O)c(=O)c12)C1(C)CC1. The van der Waals surface area contributed by atoms with Crippen molar-refractivity contribution in [3.05, 3.63) is 64.8 Å². The van der Waals surface area contributed by atoms with E-state index in [4.69, 9.17) is 5.73 Å². The first-order valence-electron chi connectivity index (χ1n) is 10.4. The van der Waals surface area contributed by atoms with Crippen LogP contribution in [0.4, 0.5) is 24.8 Å². The van der Waals surface area contributed by atoms with Crippen LogP contribution >= 0.6 is 0 Å². The molecule has 0 aromatic carbocycles. The lowest BCUT2D eigenvalue weighted by Crippen LogP contribution is -2.28. The lowest BCUT2D eigenvalue weighted by Gasteiger charge is -2.18. The minimum Gasteiger partial charge on any atom is -0.379 e. The van der Waals surface area contributed by atoms with E-state index < -0.39 is 23.7 Å². The quantitative estimate of drug-likeness (QED) is 0.483. The van der Waals surface area contributed by atoms with Crippen molar-refractivity contribution in [1.29, 1.82) is 0 Å². The van der Waals surface area contributed by atoms with Gasteiger partial charge in [0.1, 0.15) is 18.2 Å². The van der Waals surface area contributed by atoms with Gasteiger partial charge in [0.05, 0.1) is 11.1 Å². The zero-order valence-corrected chi connectivity index (χ0v) is 18.2. The Labute approximate surface area is 191 Å². The van der Waals surface area contributed by atoms with Gasteiger partial charge in [0.15, 0.2) is 6.10 Å². The normalized spacial score (nSPS) is 15.7. The number of pyridine rings is 3. The summed E-state index contributed by atoms with van der Waals surface area (Å²) in [4.78, 5) is 33.0. The molecule has 0 saturated heterocycles. The molecule has 0 aliphatic heterocycles. The van der Waals surface area contributed by atoms with Gasteiger partial charge in [-0.2, -0.15) is 13.2 Å². The molecule has 4 N–H and O–H groups in total. The molecule has 1 unspecified atom stereocenters. The molecule has 1 atom stereocenters. The number of amides is 1. The summed E-state index contributed by atoms with van der Waals surface area (Å²) < 4.78 is 39.9. The first-order valence-corrected chi connectivity index (χ1v) is 10.4. The molecule has 178 valence electrons. The number of hydrogen-bond donors (Lipinski definition) is 3. The molecule has 1 saturated carbocycles. The minimum atomic E-state index is -4.82. The number of fused-ring (bicyclic) bond motifs is 1. The molecule has 0 radical (unpaired) electrons. The highest BCUT2D eigenvalue weighted by Gasteiger charge is 2.42. The number of aliphatic hydroxyl groups excluding tert-OH is 1. The highest BCUT2D eigenvalue weighted by molar-refractivity contribution is 5.94. The summed E-state index contributed by atoms with van der Waals surface area (Å²) in [5, 5.41) is 13.2. The van der Waals surface area contributed by atoms with Crippen LogP contribution in [0.3, 0.4) is 0 Å². The Kier molecular flexibility index (Phi) is 5.68. The number of allylic oxidation sites excluding steroid dienone is 1. The van der Waals surface area contributed by atoms with Crippen LogP contribution < -0.4 is 16.6 Å². The number of primary amides is 1. The number of aromatic nitrogens is 3. The molecule has 11 heteroatoms. The van der Waals surface area contributed by atoms with Crippen LogP contribution in [0.15, 0.2) is 48.0 Å². The monoisotopic (exact) mass is 473 g/mol. The van der Waals surface area contributed by atoms with Crippen molar-refractivity contribution in [1.82, 2.24) is 14.5 Å².